The number of rotatable bonds is 6. The molecule has 0 unspecified atom stereocenters. The molecule has 8 heteroatoms. The molecule has 2 aromatic carbocycles. The molecule has 1 saturated heterocycles. The van der Waals surface area contributed by atoms with Crippen LogP contribution in [0.5, 0.6) is 11.5 Å². The zero-order valence-electron chi connectivity index (χ0n) is 19.0. The van der Waals surface area contributed by atoms with E-state index in [0.29, 0.717) is 22.9 Å². The Morgan fingerprint density at radius 2 is 1.48 bits per heavy atom. The van der Waals surface area contributed by atoms with E-state index >= 15 is 0 Å². The van der Waals surface area contributed by atoms with E-state index in [2.05, 4.69) is 25.7 Å². The second-order valence-electron chi connectivity index (χ2n) is 7.87. The predicted molar refractivity (Wildman–Crippen MR) is 130 cm³/mol. The van der Waals surface area contributed by atoms with Gasteiger partial charge in [-0.2, -0.15) is 0 Å². The number of hydrogen-bond donors (Lipinski definition) is 2. The number of ether oxygens (including phenoxy) is 2. The Balaban J connectivity index is 1.40. The van der Waals surface area contributed by atoms with Gasteiger partial charge in [-0.05, 0) is 49.2 Å². The van der Waals surface area contributed by atoms with Crippen molar-refractivity contribution in [2.75, 3.05) is 42.8 Å². The molecule has 33 heavy (non-hydrogen) atoms. The number of nitrogens with zero attached hydrogens (tertiary/aromatic N) is 3. The van der Waals surface area contributed by atoms with Crippen molar-refractivity contribution in [3.8, 4) is 22.8 Å². The zero-order valence-corrected chi connectivity index (χ0v) is 19.0. The van der Waals surface area contributed by atoms with E-state index in [0.717, 1.165) is 30.2 Å². The first-order valence-electron chi connectivity index (χ1n) is 11.2. The Kier molecular flexibility index (Phi) is 7.24. The van der Waals surface area contributed by atoms with Gasteiger partial charge >= 0.3 is 6.03 Å². The summed E-state index contributed by atoms with van der Waals surface area (Å²) in [5, 5.41) is 14.5. The molecule has 8 nitrogen and oxygen atoms in total. The number of amides is 2. The molecule has 0 saturated carbocycles. The lowest BCUT2D eigenvalue weighted by atomic mass is 10.1. The maximum absolute atomic E-state index is 12.5. The molecule has 1 aliphatic heterocycles. The van der Waals surface area contributed by atoms with Crippen LogP contribution in [0.15, 0.2) is 54.6 Å². The Bertz CT molecular complexity index is 1040. The third-order valence-electron chi connectivity index (χ3n) is 5.69. The number of carbonyl (C=O) groups excluding carboxylic acids is 1. The maximum atomic E-state index is 12.5. The number of methoxy groups -OCH3 is 2. The van der Waals surface area contributed by atoms with Crippen molar-refractivity contribution in [1.82, 2.24) is 10.2 Å². The number of nitrogens with one attached hydrogen (secondary N) is 2. The summed E-state index contributed by atoms with van der Waals surface area (Å²) in [4.78, 5) is 14.8. The van der Waals surface area contributed by atoms with Crippen LogP contribution < -0.4 is 25.0 Å². The Morgan fingerprint density at radius 1 is 0.818 bits per heavy atom. The van der Waals surface area contributed by atoms with Crippen molar-refractivity contribution in [2.24, 2.45) is 0 Å². The molecule has 172 valence electrons. The van der Waals surface area contributed by atoms with Crippen molar-refractivity contribution in [3.05, 3.63) is 54.6 Å². The first-order chi connectivity index (χ1) is 16.2. The minimum Gasteiger partial charge on any atom is -0.494 e. The maximum Gasteiger partial charge on any atom is 0.323 e. The highest BCUT2D eigenvalue weighted by molar-refractivity contribution is 6.01. The van der Waals surface area contributed by atoms with Crippen molar-refractivity contribution < 1.29 is 14.3 Å². The molecule has 3 aromatic rings. The van der Waals surface area contributed by atoms with Gasteiger partial charge in [-0.1, -0.05) is 31.0 Å². The topological polar surface area (TPSA) is 88.6 Å². The molecule has 1 aromatic heterocycles. The van der Waals surface area contributed by atoms with Crippen molar-refractivity contribution in [3.63, 3.8) is 0 Å². The van der Waals surface area contributed by atoms with E-state index in [4.69, 9.17) is 9.47 Å². The summed E-state index contributed by atoms with van der Waals surface area (Å²) in [7, 11) is 3.08. The summed E-state index contributed by atoms with van der Waals surface area (Å²) >= 11 is 0. The third kappa shape index (κ3) is 5.52. The van der Waals surface area contributed by atoms with Gasteiger partial charge in [0.15, 0.2) is 5.82 Å². The fourth-order valence-electron chi connectivity index (χ4n) is 3.92. The minimum absolute atomic E-state index is 0.396. The zero-order chi connectivity index (χ0) is 23.0. The average molecular weight is 448 g/mol. The molecule has 1 aliphatic rings. The normalized spacial score (nSPS) is 13.7. The molecular weight excluding hydrogens is 418 g/mol. The molecular formula is C25H29N5O3. The smallest absolute Gasteiger partial charge is 0.323 e. The van der Waals surface area contributed by atoms with Crippen LogP contribution in [0.2, 0.25) is 0 Å². The van der Waals surface area contributed by atoms with Crippen LogP contribution in [-0.2, 0) is 0 Å². The Morgan fingerprint density at radius 3 is 2.06 bits per heavy atom. The molecule has 0 spiro atoms. The highest BCUT2D eigenvalue weighted by Gasteiger charge is 2.14. The Labute approximate surface area is 193 Å². The molecule has 1 fully saturated rings. The van der Waals surface area contributed by atoms with Gasteiger partial charge in [0, 0.05) is 24.3 Å². The van der Waals surface area contributed by atoms with E-state index in [1.807, 2.05) is 36.4 Å². The van der Waals surface area contributed by atoms with E-state index in [1.54, 1.807) is 32.4 Å². The van der Waals surface area contributed by atoms with Gasteiger partial charge in [-0.3, -0.25) is 0 Å². The van der Waals surface area contributed by atoms with Crippen LogP contribution >= 0.6 is 0 Å². The summed E-state index contributed by atoms with van der Waals surface area (Å²) in [5.41, 5.74) is 2.85. The molecule has 0 radical (unpaired) electrons. The number of anilines is 3. The number of benzene rings is 2. The number of aromatic nitrogens is 2. The van der Waals surface area contributed by atoms with Crippen molar-refractivity contribution >= 4 is 23.2 Å². The highest BCUT2D eigenvalue weighted by atomic mass is 16.5. The minimum atomic E-state index is -0.396. The average Bonchev–Trinajstić information content (AvgIpc) is 3.14. The molecule has 4 rings (SSSR count). The van der Waals surface area contributed by atoms with Gasteiger partial charge in [-0.25, -0.2) is 4.79 Å². The van der Waals surface area contributed by atoms with Gasteiger partial charge < -0.3 is 25.0 Å². The molecule has 0 atom stereocenters. The second-order valence-corrected chi connectivity index (χ2v) is 7.87. The lowest BCUT2D eigenvalue weighted by Crippen LogP contribution is -2.25. The van der Waals surface area contributed by atoms with E-state index in [9.17, 15) is 4.79 Å². The van der Waals surface area contributed by atoms with Gasteiger partial charge in [0.2, 0.25) is 0 Å². The predicted octanol–water partition coefficient (Wildman–Crippen LogP) is 5.19. The Hall–Kier alpha value is -3.81. The lowest BCUT2D eigenvalue weighted by Gasteiger charge is -2.20. The summed E-state index contributed by atoms with van der Waals surface area (Å²) in [6, 6.07) is 16.4. The number of hydrogen-bond acceptors (Lipinski definition) is 6. The third-order valence-corrected chi connectivity index (χ3v) is 5.69. The monoisotopic (exact) mass is 447 g/mol. The van der Waals surface area contributed by atoms with Gasteiger partial charge in [0.05, 0.1) is 19.9 Å². The summed E-state index contributed by atoms with van der Waals surface area (Å²) in [6.07, 6.45) is 4.98. The fourth-order valence-corrected chi connectivity index (χ4v) is 3.92. The van der Waals surface area contributed by atoms with E-state index in [-0.39, 0.29) is 0 Å². The van der Waals surface area contributed by atoms with Gasteiger partial charge in [-0.15, -0.1) is 10.2 Å². The van der Waals surface area contributed by atoms with E-state index < -0.39 is 6.03 Å². The molecule has 2 N–H and O–H groups in total. The molecule has 0 aliphatic carbocycles. The first kappa shape index (κ1) is 22.4. The van der Waals surface area contributed by atoms with Crippen LogP contribution in [0.3, 0.4) is 0 Å². The number of para-hydroxylation sites is 1. The summed E-state index contributed by atoms with van der Waals surface area (Å²) < 4.78 is 10.6. The number of carbonyl (C=O) groups is 1. The largest absolute Gasteiger partial charge is 0.494 e. The second kappa shape index (κ2) is 10.7. The van der Waals surface area contributed by atoms with Crippen molar-refractivity contribution in [2.45, 2.75) is 25.7 Å². The molecule has 2 heterocycles. The first-order valence-corrected chi connectivity index (χ1v) is 11.2. The lowest BCUT2D eigenvalue weighted by molar-refractivity contribution is 0.262. The van der Waals surface area contributed by atoms with Crippen LogP contribution in [0.25, 0.3) is 11.3 Å². The summed E-state index contributed by atoms with van der Waals surface area (Å²) in [5.74, 6) is 1.96. The van der Waals surface area contributed by atoms with Crippen molar-refractivity contribution in [1.29, 1.82) is 0 Å². The standard InChI is InChI=1S/C25H29N5O3/c1-32-21-8-7-9-22(33-2)24(21)27-25(31)26-19-12-10-18(11-13-19)20-14-15-23(29-28-20)30-16-5-3-4-6-17-30/h7-15H,3-6,16-17H2,1-2H3,(H2,26,27,31). The number of urea groups is 1. The van der Waals surface area contributed by atoms with Crippen LogP contribution in [-0.4, -0.2) is 43.5 Å². The van der Waals surface area contributed by atoms with Crippen LogP contribution in [0.1, 0.15) is 25.7 Å². The molecule has 0 bridgehead atoms. The van der Waals surface area contributed by atoms with Crippen LogP contribution in [0, 0.1) is 0 Å². The van der Waals surface area contributed by atoms with Gasteiger partial charge in [0.25, 0.3) is 0 Å². The SMILES string of the molecule is COc1cccc(OC)c1NC(=O)Nc1ccc(-c2ccc(N3CCCCCC3)nn2)cc1. The van der Waals surface area contributed by atoms with Crippen LogP contribution in [0.4, 0.5) is 22.0 Å². The fraction of sp³-hybridized carbons (Fsp3) is 0.320. The quantitative estimate of drug-likeness (QED) is 0.541. The van der Waals surface area contributed by atoms with E-state index in [1.165, 1.54) is 25.7 Å². The molecule has 2 amide bonds. The van der Waals surface area contributed by atoms with Gasteiger partial charge in [0.1, 0.15) is 17.2 Å². The highest BCUT2D eigenvalue weighted by Crippen LogP contribution is 2.34. The summed E-state index contributed by atoms with van der Waals surface area (Å²) in [6.45, 7) is 2.08.